The molecule has 0 saturated carbocycles. The second kappa shape index (κ2) is 5.03. The van der Waals surface area contributed by atoms with Crippen LogP contribution in [0.4, 0.5) is 5.82 Å². The van der Waals surface area contributed by atoms with Gasteiger partial charge in [0.05, 0.1) is 5.56 Å². The Morgan fingerprint density at radius 2 is 2.22 bits per heavy atom. The number of carbonyl (C=O) groups is 2. The van der Waals surface area contributed by atoms with E-state index in [1.54, 1.807) is 24.1 Å². The molecule has 0 spiro atoms. The largest absolute Gasteiger partial charge is 0.383 e. The van der Waals surface area contributed by atoms with E-state index < -0.39 is 0 Å². The maximum absolute atomic E-state index is 12.3. The van der Waals surface area contributed by atoms with E-state index in [-0.39, 0.29) is 24.2 Å². The minimum atomic E-state index is -0.232. The normalized spacial score (nSPS) is 16.6. The molecular formula is C12H16N4O2. The van der Waals surface area contributed by atoms with Gasteiger partial charge in [0, 0.05) is 26.3 Å². The van der Waals surface area contributed by atoms with Crippen molar-refractivity contribution in [1.82, 2.24) is 14.8 Å². The summed E-state index contributed by atoms with van der Waals surface area (Å²) in [5.74, 6) is -0.0832. The minimum absolute atomic E-state index is 0.0525. The molecule has 2 rings (SSSR count). The van der Waals surface area contributed by atoms with E-state index in [4.69, 9.17) is 5.73 Å². The van der Waals surface area contributed by atoms with Crippen LogP contribution in [0.3, 0.4) is 0 Å². The molecule has 1 fully saturated rings. The van der Waals surface area contributed by atoms with Gasteiger partial charge in [-0.1, -0.05) is 0 Å². The molecule has 2 amide bonds. The van der Waals surface area contributed by atoms with Crippen LogP contribution in [-0.4, -0.2) is 53.3 Å². The van der Waals surface area contributed by atoms with Crippen molar-refractivity contribution < 1.29 is 9.59 Å². The predicted molar refractivity (Wildman–Crippen MR) is 66.8 cm³/mol. The van der Waals surface area contributed by atoms with Gasteiger partial charge in [0.2, 0.25) is 5.91 Å². The summed E-state index contributed by atoms with van der Waals surface area (Å²) in [7, 11) is 1.74. The van der Waals surface area contributed by atoms with Gasteiger partial charge >= 0.3 is 0 Å². The van der Waals surface area contributed by atoms with Crippen LogP contribution < -0.4 is 5.73 Å². The Labute approximate surface area is 105 Å². The summed E-state index contributed by atoms with van der Waals surface area (Å²) in [6.07, 6.45) is 2.31. The monoisotopic (exact) mass is 248 g/mol. The molecule has 2 heterocycles. The second-order valence-corrected chi connectivity index (χ2v) is 4.33. The van der Waals surface area contributed by atoms with Crippen LogP contribution in [0.25, 0.3) is 0 Å². The van der Waals surface area contributed by atoms with E-state index in [0.29, 0.717) is 18.7 Å². The van der Waals surface area contributed by atoms with Gasteiger partial charge in [-0.3, -0.25) is 9.59 Å². The number of likely N-dealkylation sites (N-methyl/N-ethyl adjacent to an activating group) is 1. The lowest BCUT2D eigenvalue weighted by Gasteiger charge is -2.20. The van der Waals surface area contributed by atoms with Gasteiger partial charge in [0.1, 0.15) is 12.4 Å². The van der Waals surface area contributed by atoms with Gasteiger partial charge in [0.25, 0.3) is 5.91 Å². The molecule has 6 nitrogen and oxygen atoms in total. The van der Waals surface area contributed by atoms with Gasteiger partial charge in [-0.25, -0.2) is 4.98 Å². The zero-order valence-electron chi connectivity index (χ0n) is 10.3. The van der Waals surface area contributed by atoms with Crippen molar-refractivity contribution in [2.24, 2.45) is 0 Å². The van der Waals surface area contributed by atoms with Crippen LogP contribution in [0.15, 0.2) is 18.3 Å². The molecule has 1 saturated heterocycles. The molecule has 18 heavy (non-hydrogen) atoms. The zero-order valence-corrected chi connectivity index (χ0v) is 10.3. The Bertz CT molecular complexity index is 475. The molecule has 0 aliphatic carbocycles. The summed E-state index contributed by atoms with van der Waals surface area (Å²) in [5, 5.41) is 0. The lowest BCUT2D eigenvalue weighted by Crippen LogP contribution is -2.38. The Morgan fingerprint density at radius 3 is 2.94 bits per heavy atom. The topological polar surface area (TPSA) is 79.5 Å². The molecule has 1 aliphatic heterocycles. The summed E-state index contributed by atoms with van der Waals surface area (Å²) in [6, 6.07) is 3.29. The predicted octanol–water partition coefficient (Wildman–Crippen LogP) is -0.0319. The number of hydrogen-bond donors (Lipinski definition) is 1. The van der Waals surface area contributed by atoms with E-state index >= 15 is 0 Å². The number of aromatic nitrogens is 1. The zero-order chi connectivity index (χ0) is 13.1. The van der Waals surface area contributed by atoms with Crippen LogP contribution in [0.2, 0.25) is 0 Å². The number of anilines is 1. The number of rotatable bonds is 1. The first-order chi connectivity index (χ1) is 8.59. The highest BCUT2D eigenvalue weighted by molar-refractivity contribution is 6.00. The van der Waals surface area contributed by atoms with E-state index in [1.807, 2.05) is 0 Å². The van der Waals surface area contributed by atoms with Crippen LogP contribution in [0.1, 0.15) is 16.8 Å². The Morgan fingerprint density at radius 1 is 1.44 bits per heavy atom. The van der Waals surface area contributed by atoms with Crippen molar-refractivity contribution in [3.63, 3.8) is 0 Å². The highest BCUT2D eigenvalue weighted by Gasteiger charge is 2.24. The Hall–Kier alpha value is -2.11. The number of amides is 2. The van der Waals surface area contributed by atoms with Crippen LogP contribution in [-0.2, 0) is 4.79 Å². The Kier molecular flexibility index (Phi) is 3.45. The number of nitrogens with two attached hydrogens (primary N) is 1. The molecule has 0 unspecified atom stereocenters. The average Bonchev–Trinajstić information content (AvgIpc) is 2.52. The molecule has 2 N–H and O–H groups in total. The first-order valence-electron chi connectivity index (χ1n) is 5.83. The van der Waals surface area contributed by atoms with Crippen LogP contribution >= 0.6 is 0 Å². The average molecular weight is 248 g/mol. The first kappa shape index (κ1) is 12.3. The molecule has 1 aromatic rings. The second-order valence-electron chi connectivity index (χ2n) is 4.33. The molecule has 0 aromatic carbocycles. The van der Waals surface area contributed by atoms with E-state index in [9.17, 15) is 9.59 Å². The number of hydrogen-bond acceptors (Lipinski definition) is 4. The molecule has 96 valence electrons. The molecular weight excluding hydrogens is 232 g/mol. The molecule has 0 bridgehead atoms. The molecule has 0 atom stereocenters. The summed E-state index contributed by atoms with van der Waals surface area (Å²) in [5.41, 5.74) is 6.03. The van der Waals surface area contributed by atoms with E-state index in [2.05, 4.69) is 4.98 Å². The van der Waals surface area contributed by atoms with Gasteiger partial charge in [0.15, 0.2) is 0 Å². The first-order valence-corrected chi connectivity index (χ1v) is 5.83. The quantitative estimate of drug-likeness (QED) is 0.756. The fourth-order valence-electron chi connectivity index (χ4n) is 1.93. The molecule has 1 aromatic heterocycles. The van der Waals surface area contributed by atoms with Gasteiger partial charge in [-0.15, -0.1) is 0 Å². The number of carbonyl (C=O) groups excluding carboxylic acids is 2. The van der Waals surface area contributed by atoms with E-state index in [1.165, 1.54) is 11.1 Å². The summed E-state index contributed by atoms with van der Waals surface area (Å²) in [4.78, 5) is 31.0. The standard InChI is InChI=1S/C12H16N4O2/c1-15-6-3-7-16(8-10(15)17)12(18)9-4-2-5-14-11(9)13/h2,4-5H,3,6-8H2,1H3,(H2,13,14). The van der Waals surface area contributed by atoms with Gasteiger partial charge in [-0.2, -0.15) is 0 Å². The van der Waals surface area contributed by atoms with Crippen molar-refractivity contribution in [3.05, 3.63) is 23.9 Å². The third-order valence-corrected chi connectivity index (χ3v) is 3.03. The van der Waals surface area contributed by atoms with Gasteiger partial charge in [-0.05, 0) is 18.6 Å². The van der Waals surface area contributed by atoms with Crippen molar-refractivity contribution in [2.75, 3.05) is 32.4 Å². The van der Waals surface area contributed by atoms with Crippen molar-refractivity contribution in [3.8, 4) is 0 Å². The third kappa shape index (κ3) is 2.42. The lowest BCUT2D eigenvalue weighted by molar-refractivity contribution is -0.129. The summed E-state index contributed by atoms with van der Waals surface area (Å²) < 4.78 is 0. The van der Waals surface area contributed by atoms with Crippen molar-refractivity contribution in [1.29, 1.82) is 0 Å². The van der Waals surface area contributed by atoms with E-state index in [0.717, 1.165) is 6.42 Å². The minimum Gasteiger partial charge on any atom is -0.383 e. The van der Waals surface area contributed by atoms with Crippen molar-refractivity contribution in [2.45, 2.75) is 6.42 Å². The Balaban J connectivity index is 2.19. The number of nitrogen functional groups attached to an aromatic ring is 1. The molecule has 6 heteroatoms. The smallest absolute Gasteiger partial charge is 0.258 e. The highest BCUT2D eigenvalue weighted by Crippen LogP contribution is 2.13. The third-order valence-electron chi connectivity index (χ3n) is 3.03. The maximum Gasteiger partial charge on any atom is 0.258 e. The van der Waals surface area contributed by atoms with Crippen molar-refractivity contribution >= 4 is 17.6 Å². The number of pyridine rings is 1. The molecule has 1 aliphatic rings. The lowest BCUT2D eigenvalue weighted by atomic mass is 10.2. The summed E-state index contributed by atoms with van der Waals surface area (Å²) >= 11 is 0. The number of nitrogens with zero attached hydrogens (tertiary/aromatic N) is 3. The van der Waals surface area contributed by atoms with Gasteiger partial charge < -0.3 is 15.5 Å². The van der Waals surface area contributed by atoms with Crippen LogP contribution in [0, 0.1) is 0 Å². The summed E-state index contributed by atoms with van der Waals surface area (Å²) in [6.45, 7) is 1.33. The van der Waals surface area contributed by atoms with Crippen LogP contribution in [0.5, 0.6) is 0 Å². The fourth-order valence-corrected chi connectivity index (χ4v) is 1.93. The maximum atomic E-state index is 12.3. The fraction of sp³-hybridized carbons (Fsp3) is 0.417. The highest BCUT2D eigenvalue weighted by atomic mass is 16.2. The molecule has 0 radical (unpaired) electrons. The SMILES string of the molecule is CN1CCCN(C(=O)c2cccnc2N)CC1=O.